The van der Waals surface area contributed by atoms with Crippen molar-refractivity contribution in [1.82, 2.24) is 4.90 Å². The first-order chi connectivity index (χ1) is 11.4. The Bertz CT molecular complexity index is 593. The van der Waals surface area contributed by atoms with Crippen molar-refractivity contribution in [2.45, 2.75) is 70.9 Å². The van der Waals surface area contributed by atoms with Gasteiger partial charge >= 0.3 is 0 Å². The lowest BCUT2D eigenvalue weighted by Crippen LogP contribution is -2.60. The van der Waals surface area contributed by atoms with Crippen molar-refractivity contribution in [1.29, 1.82) is 0 Å². The minimum atomic E-state index is -1.86. The van der Waals surface area contributed by atoms with E-state index in [4.69, 9.17) is 9.16 Å². The second kappa shape index (κ2) is 7.21. The number of carbonyl (C=O) groups is 1. The molecule has 1 aromatic rings. The Morgan fingerprint density at radius 2 is 1.84 bits per heavy atom. The number of carbonyl (C=O) groups excluding carboxylic acids is 1. The Kier molecular flexibility index (Phi) is 5.81. The van der Waals surface area contributed by atoms with Crippen LogP contribution in [-0.4, -0.2) is 44.0 Å². The van der Waals surface area contributed by atoms with Gasteiger partial charge in [-0.3, -0.25) is 4.79 Å². The zero-order valence-corrected chi connectivity index (χ0v) is 17.8. The van der Waals surface area contributed by atoms with Gasteiger partial charge in [0, 0.05) is 6.54 Å². The van der Waals surface area contributed by atoms with Crippen LogP contribution in [0.3, 0.4) is 0 Å². The van der Waals surface area contributed by atoms with E-state index in [1.165, 1.54) is 0 Å². The molecule has 0 aliphatic carbocycles. The number of nitrogens with zero attached hydrogens (tertiary/aromatic N) is 1. The molecule has 0 radical (unpaired) electrons. The summed E-state index contributed by atoms with van der Waals surface area (Å²) >= 11 is 0. The SMILES string of the molecule is CC1(C)OCC(CO[Si](C)(C)C(C)(C)C)N(Cc2ccccc2)C1=O. The van der Waals surface area contributed by atoms with Crippen LogP contribution in [0.1, 0.15) is 40.2 Å². The van der Waals surface area contributed by atoms with E-state index >= 15 is 0 Å². The van der Waals surface area contributed by atoms with E-state index in [-0.39, 0.29) is 17.0 Å². The molecule has 4 nitrogen and oxygen atoms in total. The van der Waals surface area contributed by atoms with Crippen molar-refractivity contribution in [2.75, 3.05) is 13.2 Å². The Hall–Kier alpha value is -1.17. The smallest absolute Gasteiger partial charge is 0.254 e. The van der Waals surface area contributed by atoms with E-state index in [1.807, 2.05) is 36.9 Å². The molecule has 1 unspecified atom stereocenters. The van der Waals surface area contributed by atoms with Gasteiger partial charge in [0.1, 0.15) is 5.60 Å². The second-order valence-electron chi connectivity index (χ2n) is 8.97. The summed E-state index contributed by atoms with van der Waals surface area (Å²) in [7, 11) is -1.86. The standard InChI is InChI=1S/C20H33NO3Si/c1-19(2,3)25(6,7)24-15-17-14-23-20(4,5)18(22)21(17)13-16-11-9-8-10-12-16/h8-12,17H,13-15H2,1-7H3. The Labute approximate surface area is 153 Å². The second-order valence-corrected chi connectivity index (χ2v) is 13.8. The molecule has 1 aliphatic rings. The van der Waals surface area contributed by atoms with Gasteiger partial charge < -0.3 is 14.1 Å². The van der Waals surface area contributed by atoms with E-state index in [0.717, 1.165) is 5.56 Å². The van der Waals surface area contributed by atoms with E-state index in [1.54, 1.807) is 0 Å². The van der Waals surface area contributed by atoms with Gasteiger partial charge in [-0.25, -0.2) is 0 Å². The largest absolute Gasteiger partial charge is 0.415 e. The number of morpholine rings is 1. The highest BCUT2D eigenvalue weighted by atomic mass is 28.4. The topological polar surface area (TPSA) is 38.8 Å². The maximum absolute atomic E-state index is 12.9. The average molecular weight is 364 g/mol. The molecule has 1 saturated heterocycles. The van der Waals surface area contributed by atoms with Crippen LogP contribution >= 0.6 is 0 Å². The summed E-state index contributed by atoms with van der Waals surface area (Å²) in [5.41, 5.74) is 0.355. The molecule has 1 heterocycles. The van der Waals surface area contributed by atoms with E-state index < -0.39 is 13.9 Å². The van der Waals surface area contributed by atoms with Gasteiger partial charge in [0.2, 0.25) is 0 Å². The fourth-order valence-electron chi connectivity index (χ4n) is 2.61. The van der Waals surface area contributed by atoms with Gasteiger partial charge in [0.25, 0.3) is 5.91 Å². The number of hydrogen-bond acceptors (Lipinski definition) is 3. The molecule has 0 spiro atoms. The highest BCUT2D eigenvalue weighted by Gasteiger charge is 2.43. The lowest BCUT2D eigenvalue weighted by molar-refractivity contribution is -0.177. The van der Waals surface area contributed by atoms with Crippen LogP contribution in [-0.2, 0) is 20.5 Å². The molecule has 1 atom stereocenters. The molecule has 1 amide bonds. The lowest BCUT2D eigenvalue weighted by atomic mass is 10.0. The summed E-state index contributed by atoms with van der Waals surface area (Å²) in [6.45, 7) is 16.5. The first-order valence-electron chi connectivity index (χ1n) is 9.07. The van der Waals surface area contributed by atoms with E-state index in [2.05, 4.69) is 46.0 Å². The Morgan fingerprint density at radius 3 is 2.40 bits per heavy atom. The molecule has 0 bridgehead atoms. The van der Waals surface area contributed by atoms with Crippen molar-refractivity contribution in [3.05, 3.63) is 35.9 Å². The summed E-state index contributed by atoms with van der Waals surface area (Å²) < 4.78 is 12.2. The molecule has 1 aromatic carbocycles. The number of hydrogen-bond donors (Lipinski definition) is 0. The van der Waals surface area contributed by atoms with Crippen molar-refractivity contribution in [2.24, 2.45) is 0 Å². The van der Waals surface area contributed by atoms with Crippen LogP contribution < -0.4 is 0 Å². The molecule has 140 valence electrons. The van der Waals surface area contributed by atoms with Gasteiger partial charge in [-0.2, -0.15) is 0 Å². The maximum atomic E-state index is 12.9. The third-order valence-corrected chi connectivity index (χ3v) is 9.99. The quantitative estimate of drug-likeness (QED) is 0.736. The molecular weight excluding hydrogens is 330 g/mol. The number of ether oxygens (including phenoxy) is 1. The van der Waals surface area contributed by atoms with Crippen LogP contribution in [0.4, 0.5) is 0 Å². The molecule has 2 rings (SSSR count). The van der Waals surface area contributed by atoms with Gasteiger partial charge in [0.05, 0.1) is 19.3 Å². The molecule has 1 aliphatic heterocycles. The number of rotatable bonds is 5. The molecular formula is C20H33NO3Si. The molecule has 25 heavy (non-hydrogen) atoms. The molecule has 0 aromatic heterocycles. The van der Waals surface area contributed by atoms with Gasteiger partial charge in [0.15, 0.2) is 8.32 Å². The number of amides is 1. The first-order valence-corrected chi connectivity index (χ1v) is 12.0. The maximum Gasteiger partial charge on any atom is 0.254 e. The van der Waals surface area contributed by atoms with Crippen LogP contribution in [0, 0.1) is 0 Å². The van der Waals surface area contributed by atoms with Gasteiger partial charge in [-0.15, -0.1) is 0 Å². The van der Waals surface area contributed by atoms with Crippen molar-refractivity contribution in [3.63, 3.8) is 0 Å². The molecule has 5 heteroatoms. The van der Waals surface area contributed by atoms with Crippen molar-refractivity contribution >= 4 is 14.2 Å². The van der Waals surface area contributed by atoms with Gasteiger partial charge in [-0.05, 0) is 37.5 Å². The summed E-state index contributed by atoms with van der Waals surface area (Å²) in [6, 6.07) is 10.1. The highest BCUT2D eigenvalue weighted by molar-refractivity contribution is 6.74. The highest BCUT2D eigenvalue weighted by Crippen LogP contribution is 2.37. The summed E-state index contributed by atoms with van der Waals surface area (Å²) in [5, 5.41) is 0.149. The van der Waals surface area contributed by atoms with Crippen molar-refractivity contribution < 1.29 is 14.0 Å². The fourth-order valence-corrected chi connectivity index (χ4v) is 3.65. The zero-order chi connectivity index (χ0) is 18.9. The molecule has 0 N–H and O–H groups in total. The number of benzene rings is 1. The van der Waals surface area contributed by atoms with Crippen LogP contribution in [0.25, 0.3) is 0 Å². The zero-order valence-electron chi connectivity index (χ0n) is 16.8. The Morgan fingerprint density at radius 1 is 1.24 bits per heavy atom. The molecule has 0 saturated carbocycles. The Balaban J connectivity index is 2.15. The molecule has 1 fully saturated rings. The first kappa shape index (κ1) is 20.1. The van der Waals surface area contributed by atoms with Crippen LogP contribution in [0.5, 0.6) is 0 Å². The van der Waals surface area contributed by atoms with Crippen LogP contribution in [0.2, 0.25) is 18.1 Å². The third-order valence-electron chi connectivity index (χ3n) is 5.49. The minimum Gasteiger partial charge on any atom is -0.415 e. The van der Waals surface area contributed by atoms with E-state index in [9.17, 15) is 4.79 Å². The fraction of sp³-hybridized carbons (Fsp3) is 0.650. The van der Waals surface area contributed by atoms with Crippen LogP contribution in [0.15, 0.2) is 30.3 Å². The third kappa shape index (κ3) is 4.71. The minimum absolute atomic E-state index is 0.0337. The van der Waals surface area contributed by atoms with Gasteiger partial charge in [-0.1, -0.05) is 51.1 Å². The predicted molar refractivity (Wildman–Crippen MR) is 104 cm³/mol. The average Bonchev–Trinajstić information content (AvgIpc) is 2.51. The predicted octanol–water partition coefficient (Wildman–Crippen LogP) is 4.21. The monoisotopic (exact) mass is 363 g/mol. The lowest BCUT2D eigenvalue weighted by Gasteiger charge is -2.45. The van der Waals surface area contributed by atoms with Crippen molar-refractivity contribution in [3.8, 4) is 0 Å². The summed E-state index contributed by atoms with van der Waals surface area (Å²) in [4.78, 5) is 14.9. The van der Waals surface area contributed by atoms with E-state index in [0.29, 0.717) is 19.8 Å². The summed E-state index contributed by atoms with van der Waals surface area (Å²) in [5.74, 6) is 0.0337. The summed E-state index contributed by atoms with van der Waals surface area (Å²) in [6.07, 6.45) is 0. The normalized spacial score (nSPS) is 21.5.